The van der Waals surface area contributed by atoms with Gasteiger partial charge in [-0.2, -0.15) is 4.31 Å². The minimum atomic E-state index is -3.58. The fourth-order valence-corrected chi connectivity index (χ4v) is 4.53. The minimum Gasteiger partial charge on any atom is -0.497 e. The van der Waals surface area contributed by atoms with Gasteiger partial charge in [0.1, 0.15) is 11.5 Å². The van der Waals surface area contributed by atoms with Crippen LogP contribution in [-0.4, -0.2) is 63.9 Å². The molecule has 0 spiro atoms. The average Bonchev–Trinajstić information content (AvgIpc) is 2.74. The van der Waals surface area contributed by atoms with Crippen molar-refractivity contribution in [2.45, 2.75) is 11.3 Å². The predicted octanol–water partition coefficient (Wildman–Crippen LogP) is 1.78. The van der Waals surface area contributed by atoms with Gasteiger partial charge in [-0.15, -0.1) is 0 Å². The molecule has 8 heteroatoms. The molecule has 7 nitrogen and oxygen atoms in total. The number of sulfonamides is 1. The van der Waals surface area contributed by atoms with Gasteiger partial charge in [-0.3, -0.25) is 4.79 Å². The first-order valence-corrected chi connectivity index (χ1v) is 10.4. The summed E-state index contributed by atoms with van der Waals surface area (Å²) in [6, 6.07) is 13.7. The van der Waals surface area contributed by atoms with Crippen molar-refractivity contribution in [2.75, 3.05) is 40.4 Å². The Hall–Kier alpha value is -2.58. The molecule has 1 saturated heterocycles. The van der Waals surface area contributed by atoms with E-state index in [1.807, 2.05) is 24.3 Å². The number of piperazine rings is 1. The molecular weight excluding hydrogens is 380 g/mol. The summed E-state index contributed by atoms with van der Waals surface area (Å²) in [6.07, 6.45) is 0.287. The molecule has 1 aliphatic heterocycles. The number of methoxy groups -OCH3 is 2. The van der Waals surface area contributed by atoms with E-state index in [2.05, 4.69) is 0 Å². The molecule has 2 aromatic rings. The van der Waals surface area contributed by atoms with Crippen LogP contribution in [0.3, 0.4) is 0 Å². The molecule has 3 rings (SSSR count). The lowest BCUT2D eigenvalue weighted by Gasteiger charge is -2.34. The van der Waals surface area contributed by atoms with Crippen molar-refractivity contribution in [1.29, 1.82) is 0 Å². The fourth-order valence-electron chi connectivity index (χ4n) is 3.10. The Morgan fingerprint density at radius 1 is 0.857 bits per heavy atom. The van der Waals surface area contributed by atoms with Crippen LogP contribution in [0.1, 0.15) is 5.56 Å². The number of carbonyl (C=O) groups is 1. The van der Waals surface area contributed by atoms with Crippen LogP contribution < -0.4 is 9.47 Å². The number of benzene rings is 2. The summed E-state index contributed by atoms with van der Waals surface area (Å²) >= 11 is 0. The van der Waals surface area contributed by atoms with E-state index in [1.54, 1.807) is 24.1 Å². The molecule has 1 amide bonds. The van der Waals surface area contributed by atoms with Gasteiger partial charge < -0.3 is 14.4 Å². The van der Waals surface area contributed by atoms with Gasteiger partial charge in [-0.1, -0.05) is 12.1 Å². The third-order valence-corrected chi connectivity index (χ3v) is 6.72. The van der Waals surface area contributed by atoms with Gasteiger partial charge in [0.25, 0.3) is 0 Å². The van der Waals surface area contributed by atoms with Crippen LogP contribution in [0.25, 0.3) is 0 Å². The van der Waals surface area contributed by atoms with E-state index in [4.69, 9.17) is 9.47 Å². The second kappa shape index (κ2) is 8.62. The van der Waals surface area contributed by atoms with E-state index in [1.165, 1.54) is 23.5 Å². The van der Waals surface area contributed by atoms with Crippen LogP contribution >= 0.6 is 0 Å². The first-order chi connectivity index (χ1) is 13.4. The molecule has 0 atom stereocenters. The van der Waals surface area contributed by atoms with Gasteiger partial charge in [0.05, 0.1) is 25.5 Å². The Morgan fingerprint density at radius 2 is 1.36 bits per heavy atom. The van der Waals surface area contributed by atoms with Crippen LogP contribution in [0, 0.1) is 0 Å². The van der Waals surface area contributed by atoms with Gasteiger partial charge in [-0.05, 0) is 42.0 Å². The third kappa shape index (κ3) is 4.45. The van der Waals surface area contributed by atoms with E-state index >= 15 is 0 Å². The monoisotopic (exact) mass is 404 g/mol. The standard InChI is InChI=1S/C20H24N2O5S/c1-26-17-5-3-16(4-6-17)15-20(23)21-11-13-22(14-12-21)28(24,25)19-9-7-18(27-2)8-10-19/h3-10H,11-15H2,1-2H3. The number of hydrogen-bond donors (Lipinski definition) is 0. The van der Waals surface area contributed by atoms with E-state index < -0.39 is 10.0 Å². The quantitative estimate of drug-likeness (QED) is 0.734. The topological polar surface area (TPSA) is 76.2 Å². The minimum absolute atomic E-state index is 0.00772. The summed E-state index contributed by atoms with van der Waals surface area (Å²) in [5.74, 6) is 1.34. The predicted molar refractivity (Wildman–Crippen MR) is 105 cm³/mol. The molecule has 0 radical (unpaired) electrons. The molecule has 1 fully saturated rings. The summed E-state index contributed by atoms with van der Waals surface area (Å²) in [5.41, 5.74) is 0.902. The smallest absolute Gasteiger partial charge is 0.243 e. The van der Waals surface area contributed by atoms with Crippen LogP contribution in [-0.2, 0) is 21.2 Å². The van der Waals surface area contributed by atoms with Crippen molar-refractivity contribution in [2.24, 2.45) is 0 Å². The average molecular weight is 404 g/mol. The summed E-state index contributed by atoms with van der Waals surface area (Å²) in [6.45, 7) is 1.32. The number of hydrogen-bond acceptors (Lipinski definition) is 5. The SMILES string of the molecule is COc1ccc(CC(=O)N2CCN(S(=O)(=O)c3ccc(OC)cc3)CC2)cc1. The zero-order valence-corrected chi connectivity index (χ0v) is 16.8. The molecule has 1 aliphatic rings. The van der Waals surface area contributed by atoms with Crippen molar-refractivity contribution >= 4 is 15.9 Å². The van der Waals surface area contributed by atoms with Crippen molar-refractivity contribution in [3.8, 4) is 11.5 Å². The molecule has 0 unspecified atom stereocenters. The third-order valence-electron chi connectivity index (χ3n) is 4.80. The molecule has 150 valence electrons. The molecule has 0 aromatic heterocycles. The molecule has 28 heavy (non-hydrogen) atoms. The normalized spacial score (nSPS) is 15.3. The summed E-state index contributed by atoms with van der Waals surface area (Å²) in [7, 11) is -0.447. The Bertz CT molecular complexity index is 903. The molecule has 0 saturated carbocycles. The lowest BCUT2D eigenvalue weighted by Crippen LogP contribution is -2.50. The Kier molecular flexibility index (Phi) is 6.21. The molecular formula is C20H24N2O5S. The molecule has 0 N–H and O–H groups in total. The second-order valence-electron chi connectivity index (χ2n) is 6.49. The van der Waals surface area contributed by atoms with Gasteiger partial charge >= 0.3 is 0 Å². The highest BCUT2D eigenvalue weighted by atomic mass is 32.2. The molecule has 1 heterocycles. The van der Waals surface area contributed by atoms with E-state index in [0.29, 0.717) is 18.8 Å². The Morgan fingerprint density at radius 3 is 1.86 bits per heavy atom. The van der Waals surface area contributed by atoms with Crippen molar-refractivity contribution in [3.05, 3.63) is 54.1 Å². The van der Waals surface area contributed by atoms with E-state index in [9.17, 15) is 13.2 Å². The number of carbonyl (C=O) groups excluding carboxylic acids is 1. The van der Waals surface area contributed by atoms with Crippen LogP contribution in [0.4, 0.5) is 0 Å². The molecule has 0 bridgehead atoms. The Labute approximate surface area is 165 Å². The fraction of sp³-hybridized carbons (Fsp3) is 0.350. The number of amides is 1. The maximum atomic E-state index is 12.8. The summed E-state index contributed by atoms with van der Waals surface area (Å²) in [4.78, 5) is 14.5. The van der Waals surface area contributed by atoms with Crippen molar-refractivity contribution in [3.63, 3.8) is 0 Å². The largest absolute Gasteiger partial charge is 0.497 e. The van der Waals surface area contributed by atoms with Crippen LogP contribution in [0.2, 0.25) is 0 Å². The highest BCUT2D eigenvalue weighted by molar-refractivity contribution is 7.89. The van der Waals surface area contributed by atoms with Gasteiger partial charge in [0, 0.05) is 26.2 Å². The number of rotatable bonds is 6. The van der Waals surface area contributed by atoms with Crippen molar-refractivity contribution in [1.82, 2.24) is 9.21 Å². The van der Waals surface area contributed by atoms with Crippen molar-refractivity contribution < 1.29 is 22.7 Å². The zero-order valence-electron chi connectivity index (χ0n) is 16.0. The summed E-state index contributed by atoms with van der Waals surface area (Å²) in [5, 5.41) is 0. The first-order valence-electron chi connectivity index (χ1n) is 8.99. The van der Waals surface area contributed by atoms with Crippen LogP contribution in [0.15, 0.2) is 53.4 Å². The lowest BCUT2D eigenvalue weighted by atomic mass is 10.1. The maximum absolute atomic E-state index is 12.8. The number of ether oxygens (including phenoxy) is 2. The highest BCUT2D eigenvalue weighted by Gasteiger charge is 2.30. The highest BCUT2D eigenvalue weighted by Crippen LogP contribution is 2.21. The summed E-state index contributed by atoms with van der Waals surface area (Å²) < 4.78 is 37.2. The van der Waals surface area contributed by atoms with Gasteiger partial charge in [0.15, 0.2) is 0 Å². The van der Waals surface area contributed by atoms with E-state index in [-0.39, 0.29) is 30.3 Å². The Balaban J connectivity index is 1.58. The maximum Gasteiger partial charge on any atom is 0.243 e. The van der Waals surface area contributed by atoms with Gasteiger partial charge in [-0.25, -0.2) is 8.42 Å². The first kappa shape index (κ1) is 20.2. The van der Waals surface area contributed by atoms with Gasteiger partial charge in [0.2, 0.25) is 15.9 Å². The van der Waals surface area contributed by atoms with E-state index in [0.717, 1.165) is 11.3 Å². The zero-order chi connectivity index (χ0) is 20.1. The molecule has 0 aliphatic carbocycles. The van der Waals surface area contributed by atoms with Crippen LogP contribution in [0.5, 0.6) is 11.5 Å². The second-order valence-corrected chi connectivity index (χ2v) is 8.42. The number of nitrogens with zero attached hydrogens (tertiary/aromatic N) is 2. The molecule has 2 aromatic carbocycles. The lowest BCUT2D eigenvalue weighted by molar-refractivity contribution is -0.131.